The predicted octanol–water partition coefficient (Wildman–Crippen LogP) is 3.13. The van der Waals surface area contributed by atoms with E-state index in [2.05, 4.69) is 41.2 Å². The van der Waals surface area contributed by atoms with E-state index >= 15 is 0 Å². The number of nitrogens with zero attached hydrogens (tertiary/aromatic N) is 4. The Morgan fingerprint density at radius 2 is 2.04 bits per heavy atom. The molecule has 0 saturated heterocycles. The molecule has 3 rings (SSSR count). The molecule has 2 aromatic heterocycles. The molecule has 0 spiro atoms. The summed E-state index contributed by atoms with van der Waals surface area (Å²) >= 11 is 0. The molecular weight excluding hydrogens is 314 g/mol. The van der Waals surface area contributed by atoms with Crippen molar-refractivity contribution in [2.75, 3.05) is 0 Å². The van der Waals surface area contributed by atoms with Gasteiger partial charge in [0.05, 0.1) is 0 Å². The lowest BCUT2D eigenvalue weighted by atomic mass is 9.69. The van der Waals surface area contributed by atoms with E-state index in [-0.39, 0.29) is 11.8 Å². The summed E-state index contributed by atoms with van der Waals surface area (Å²) in [6.45, 7) is 7.35. The van der Waals surface area contributed by atoms with Crippen molar-refractivity contribution >= 4 is 5.91 Å². The van der Waals surface area contributed by atoms with E-state index in [9.17, 15) is 4.79 Å². The van der Waals surface area contributed by atoms with Crippen LogP contribution in [0.3, 0.4) is 0 Å². The summed E-state index contributed by atoms with van der Waals surface area (Å²) in [4.78, 5) is 20.9. The summed E-state index contributed by atoms with van der Waals surface area (Å²) in [6.07, 6.45) is 9.05. The minimum atomic E-state index is 0.130. The Morgan fingerprint density at radius 3 is 2.68 bits per heavy atom. The van der Waals surface area contributed by atoms with Crippen molar-refractivity contribution in [3.63, 3.8) is 0 Å². The van der Waals surface area contributed by atoms with Crippen molar-refractivity contribution in [3.05, 3.63) is 36.5 Å². The molecule has 1 amide bonds. The third-order valence-corrected chi connectivity index (χ3v) is 5.28. The molecule has 0 radical (unpaired) electrons. The van der Waals surface area contributed by atoms with E-state index in [1.54, 1.807) is 17.2 Å². The lowest BCUT2D eigenvalue weighted by molar-refractivity contribution is -0.126. The number of aromatic nitrogens is 4. The fourth-order valence-electron chi connectivity index (χ4n) is 3.64. The number of hydrogen-bond donors (Lipinski definition) is 1. The number of carbonyl (C=O) groups is 1. The minimum absolute atomic E-state index is 0.130. The van der Waals surface area contributed by atoms with Crippen molar-refractivity contribution in [2.24, 2.45) is 17.3 Å². The Morgan fingerprint density at radius 1 is 1.28 bits per heavy atom. The number of nitrogens with one attached hydrogen (secondary N) is 1. The topological polar surface area (TPSA) is 72.7 Å². The van der Waals surface area contributed by atoms with Gasteiger partial charge in [0.2, 0.25) is 5.91 Å². The molecule has 0 bridgehead atoms. The van der Waals surface area contributed by atoms with Crippen LogP contribution in [-0.2, 0) is 11.3 Å². The molecule has 1 N–H and O–H groups in total. The Hall–Kier alpha value is -2.24. The van der Waals surface area contributed by atoms with Crippen LogP contribution in [-0.4, -0.2) is 25.7 Å². The van der Waals surface area contributed by atoms with Gasteiger partial charge >= 0.3 is 0 Å². The molecule has 1 aliphatic carbocycles. The Bertz CT molecular complexity index is 697. The quantitative estimate of drug-likeness (QED) is 0.927. The van der Waals surface area contributed by atoms with Gasteiger partial charge in [-0.1, -0.05) is 26.8 Å². The minimum Gasteiger partial charge on any atom is -0.352 e. The van der Waals surface area contributed by atoms with Crippen molar-refractivity contribution in [2.45, 2.75) is 53.0 Å². The lowest BCUT2D eigenvalue weighted by Gasteiger charge is -2.36. The van der Waals surface area contributed by atoms with E-state index in [0.29, 0.717) is 23.7 Å². The summed E-state index contributed by atoms with van der Waals surface area (Å²) in [7, 11) is 0. The highest BCUT2D eigenvalue weighted by atomic mass is 16.1. The first-order chi connectivity index (χ1) is 11.9. The molecule has 6 nitrogen and oxygen atoms in total. The van der Waals surface area contributed by atoms with Crippen LogP contribution in [0.5, 0.6) is 0 Å². The van der Waals surface area contributed by atoms with Crippen molar-refractivity contribution in [1.29, 1.82) is 0 Å². The van der Waals surface area contributed by atoms with Crippen molar-refractivity contribution in [1.82, 2.24) is 25.1 Å². The van der Waals surface area contributed by atoms with Gasteiger partial charge in [-0.15, -0.1) is 0 Å². The summed E-state index contributed by atoms with van der Waals surface area (Å²) in [6, 6.07) is 3.83. The highest BCUT2D eigenvalue weighted by Crippen LogP contribution is 2.39. The second-order valence-electron chi connectivity index (χ2n) is 7.96. The van der Waals surface area contributed by atoms with Crippen LogP contribution in [0.1, 0.15) is 52.0 Å². The molecule has 1 saturated carbocycles. The predicted molar refractivity (Wildman–Crippen MR) is 95.9 cm³/mol. The number of pyridine rings is 1. The van der Waals surface area contributed by atoms with E-state index in [1.807, 2.05) is 12.1 Å². The normalized spacial score (nSPS) is 21.1. The molecule has 2 aromatic rings. The highest BCUT2D eigenvalue weighted by Gasteiger charge is 2.32. The van der Waals surface area contributed by atoms with Gasteiger partial charge in [0.15, 0.2) is 5.82 Å². The lowest BCUT2D eigenvalue weighted by Crippen LogP contribution is -2.35. The molecule has 25 heavy (non-hydrogen) atoms. The third kappa shape index (κ3) is 4.24. The van der Waals surface area contributed by atoms with Crippen LogP contribution in [0.25, 0.3) is 5.82 Å². The molecule has 1 aliphatic rings. The van der Waals surface area contributed by atoms with Crippen LogP contribution < -0.4 is 5.32 Å². The van der Waals surface area contributed by atoms with Crippen LogP contribution in [0, 0.1) is 17.3 Å². The monoisotopic (exact) mass is 341 g/mol. The van der Waals surface area contributed by atoms with Gasteiger partial charge in [-0.05, 0) is 43.1 Å². The first-order valence-corrected chi connectivity index (χ1v) is 9.02. The summed E-state index contributed by atoms with van der Waals surface area (Å²) in [5, 5.41) is 7.21. The fraction of sp³-hybridized carbons (Fsp3) is 0.579. The summed E-state index contributed by atoms with van der Waals surface area (Å²) in [5.74, 6) is 1.70. The van der Waals surface area contributed by atoms with Crippen LogP contribution in [0.15, 0.2) is 31.0 Å². The van der Waals surface area contributed by atoms with E-state index < -0.39 is 0 Å². The van der Waals surface area contributed by atoms with Gasteiger partial charge in [-0.3, -0.25) is 4.79 Å². The average Bonchev–Trinajstić information content (AvgIpc) is 3.14. The van der Waals surface area contributed by atoms with Crippen molar-refractivity contribution < 1.29 is 4.79 Å². The highest BCUT2D eigenvalue weighted by molar-refractivity contribution is 5.78. The zero-order chi connectivity index (χ0) is 17.9. The Balaban J connectivity index is 1.57. The van der Waals surface area contributed by atoms with E-state index in [4.69, 9.17) is 0 Å². The molecule has 0 unspecified atom stereocenters. The molecular formula is C19H27N5O. The SMILES string of the molecule is CC(C)(C)C1CCC(C(=O)NCc2cccnc2-n2cncn2)CC1. The van der Waals surface area contributed by atoms with Crippen LogP contribution in [0.4, 0.5) is 0 Å². The molecule has 0 atom stereocenters. The number of hydrogen-bond acceptors (Lipinski definition) is 4. The molecule has 6 heteroatoms. The fourth-order valence-corrected chi connectivity index (χ4v) is 3.64. The Kier molecular flexibility index (Phi) is 5.16. The second kappa shape index (κ2) is 7.33. The van der Waals surface area contributed by atoms with E-state index in [0.717, 1.165) is 31.2 Å². The second-order valence-corrected chi connectivity index (χ2v) is 7.96. The molecule has 2 heterocycles. The largest absolute Gasteiger partial charge is 0.352 e. The number of amides is 1. The Labute approximate surface area is 149 Å². The van der Waals surface area contributed by atoms with Gasteiger partial charge in [-0.2, -0.15) is 5.10 Å². The number of rotatable bonds is 4. The summed E-state index contributed by atoms with van der Waals surface area (Å²) in [5.41, 5.74) is 1.27. The van der Waals surface area contributed by atoms with Gasteiger partial charge in [0.1, 0.15) is 12.7 Å². The molecule has 1 fully saturated rings. The molecule has 134 valence electrons. The zero-order valence-corrected chi connectivity index (χ0v) is 15.3. The number of carbonyl (C=O) groups excluding carboxylic acids is 1. The maximum absolute atomic E-state index is 12.6. The van der Waals surface area contributed by atoms with Gasteiger partial charge in [0, 0.05) is 24.2 Å². The first kappa shape index (κ1) is 17.6. The van der Waals surface area contributed by atoms with Gasteiger partial charge in [-0.25, -0.2) is 14.6 Å². The molecule has 0 aromatic carbocycles. The summed E-state index contributed by atoms with van der Waals surface area (Å²) < 4.78 is 1.62. The van der Waals surface area contributed by atoms with Gasteiger partial charge in [0.25, 0.3) is 0 Å². The standard InChI is InChI=1S/C19H27N5O/c1-19(2,3)16-8-6-14(7-9-16)18(25)22-11-15-5-4-10-21-17(15)24-13-20-12-23-24/h4-5,10,12-14,16H,6-9,11H2,1-3H3,(H,22,25). The van der Waals surface area contributed by atoms with Crippen molar-refractivity contribution in [3.8, 4) is 5.82 Å². The van der Waals surface area contributed by atoms with Crippen LogP contribution in [0.2, 0.25) is 0 Å². The van der Waals surface area contributed by atoms with Gasteiger partial charge < -0.3 is 5.32 Å². The first-order valence-electron chi connectivity index (χ1n) is 9.02. The maximum Gasteiger partial charge on any atom is 0.223 e. The third-order valence-electron chi connectivity index (χ3n) is 5.28. The van der Waals surface area contributed by atoms with E-state index in [1.165, 1.54) is 6.33 Å². The molecule has 0 aliphatic heterocycles. The van der Waals surface area contributed by atoms with Crippen LogP contribution >= 0.6 is 0 Å². The average molecular weight is 341 g/mol. The maximum atomic E-state index is 12.6. The zero-order valence-electron chi connectivity index (χ0n) is 15.3. The smallest absolute Gasteiger partial charge is 0.223 e.